The molecular formula is C25H31FN2O4. The summed E-state index contributed by atoms with van der Waals surface area (Å²) in [6, 6.07) is 12.1. The first kappa shape index (κ1) is 22.6. The van der Waals surface area contributed by atoms with Gasteiger partial charge < -0.3 is 19.5 Å². The smallest absolute Gasteiger partial charge is 0.251 e. The maximum Gasteiger partial charge on any atom is 0.251 e. The molecule has 2 aliphatic rings. The fourth-order valence-electron chi connectivity index (χ4n) is 4.64. The molecule has 6 nitrogen and oxygen atoms in total. The molecule has 2 aromatic carbocycles. The Hall–Kier alpha value is -2.64. The summed E-state index contributed by atoms with van der Waals surface area (Å²) in [5.41, 5.74) is 1.11. The topological polar surface area (TPSA) is 60.0 Å². The summed E-state index contributed by atoms with van der Waals surface area (Å²) in [5, 5.41) is 2.99. The zero-order valence-corrected chi connectivity index (χ0v) is 18.7. The van der Waals surface area contributed by atoms with Gasteiger partial charge >= 0.3 is 0 Å². The molecule has 2 fully saturated rings. The van der Waals surface area contributed by atoms with Crippen molar-refractivity contribution < 1.29 is 23.4 Å². The highest BCUT2D eigenvalue weighted by Gasteiger charge is 2.42. The van der Waals surface area contributed by atoms with E-state index in [4.69, 9.17) is 14.2 Å². The van der Waals surface area contributed by atoms with Gasteiger partial charge in [-0.05, 0) is 43.9 Å². The predicted octanol–water partition coefficient (Wildman–Crippen LogP) is 3.79. The molecule has 0 unspecified atom stereocenters. The van der Waals surface area contributed by atoms with Gasteiger partial charge in [0.25, 0.3) is 5.91 Å². The Bertz CT molecular complexity index is 921. The van der Waals surface area contributed by atoms with E-state index in [-0.39, 0.29) is 23.4 Å². The van der Waals surface area contributed by atoms with Crippen molar-refractivity contribution >= 4 is 5.91 Å². The van der Waals surface area contributed by atoms with Crippen molar-refractivity contribution in [1.29, 1.82) is 0 Å². The Balaban J connectivity index is 1.26. The molecule has 0 radical (unpaired) electrons. The molecule has 0 aromatic heterocycles. The number of benzene rings is 2. The minimum atomic E-state index is -0.175. The Morgan fingerprint density at radius 1 is 1.12 bits per heavy atom. The molecule has 4 rings (SSSR count). The maximum atomic E-state index is 13.9. The number of halogens is 1. The molecule has 172 valence electrons. The molecular weight excluding hydrogens is 411 g/mol. The molecule has 32 heavy (non-hydrogen) atoms. The van der Waals surface area contributed by atoms with Crippen LogP contribution in [0.25, 0.3) is 0 Å². The van der Waals surface area contributed by atoms with Crippen molar-refractivity contribution in [3.05, 3.63) is 59.4 Å². The molecule has 0 saturated carbocycles. The highest BCUT2D eigenvalue weighted by Crippen LogP contribution is 2.39. The number of carbonyl (C=O) groups is 1. The van der Waals surface area contributed by atoms with Crippen LogP contribution in [0.2, 0.25) is 0 Å². The number of piperidine rings is 1. The number of amides is 1. The van der Waals surface area contributed by atoms with Crippen molar-refractivity contribution in [2.75, 3.05) is 33.9 Å². The third-order valence-electron chi connectivity index (χ3n) is 6.56. The van der Waals surface area contributed by atoms with Crippen LogP contribution in [0.4, 0.5) is 4.39 Å². The number of rotatable bonds is 7. The quantitative estimate of drug-likeness (QED) is 0.707. The zero-order chi connectivity index (χ0) is 22.6. The molecule has 2 aliphatic heterocycles. The summed E-state index contributed by atoms with van der Waals surface area (Å²) in [7, 11) is 3.12. The average molecular weight is 443 g/mol. The summed E-state index contributed by atoms with van der Waals surface area (Å²) in [4.78, 5) is 14.9. The van der Waals surface area contributed by atoms with Crippen LogP contribution in [0.1, 0.15) is 41.6 Å². The third kappa shape index (κ3) is 5.22. The van der Waals surface area contributed by atoms with Gasteiger partial charge in [0.1, 0.15) is 17.3 Å². The van der Waals surface area contributed by atoms with E-state index in [2.05, 4.69) is 10.2 Å². The van der Waals surface area contributed by atoms with E-state index in [1.807, 2.05) is 12.1 Å². The minimum Gasteiger partial charge on any atom is -0.497 e. The van der Waals surface area contributed by atoms with E-state index in [0.29, 0.717) is 30.2 Å². The monoisotopic (exact) mass is 442 g/mol. The first-order valence-corrected chi connectivity index (χ1v) is 11.2. The van der Waals surface area contributed by atoms with Gasteiger partial charge in [0.15, 0.2) is 0 Å². The summed E-state index contributed by atoms with van der Waals surface area (Å²) < 4.78 is 30.9. The molecule has 1 atom stereocenters. The fourth-order valence-corrected chi connectivity index (χ4v) is 4.64. The highest BCUT2D eigenvalue weighted by molar-refractivity contribution is 5.95. The lowest BCUT2D eigenvalue weighted by Gasteiger charge is -2.39. The van der Waals surface area contributed by atoms with Crippen molar-refractivity contribution in [3.8, 4) is 11.5 Å². The van der Waals surface area contributed by atoms with Gasteiger partial charge in [0, 0.05) is 43.4 Å². The van der Waals surface area contributed by atoms with Crippen LogP contribution in [0.5, 0.6) is 11.5 Å². The average Bonchev–Trinajstić information content (AvgIpc) is 3.22. The molecule has 7 heteroatoms. The van der Waals surface area contributed by atoms with Gasteiger partial charge in [0.2, 0.25) is 0 Å². The predicted molar refractivity (Wildman–Crippen MR) is 120 cm³/mol. The summed E-state index contributed by atoms with van der Waals surface area (Å²) in [5.74, 6) is 0.834. The van der Waals surface area contributed by atoms with E-state index in [1.165, 1.54) is 6.07 Å². The number of carbonyl (C=O) groups excluding carboxylic acids is 1. The van der Waals surface area contributed by atoms with E-state index in [9.17, 15) is 9.18 Å². The van der Waals surface area contributed by atoms with Crippen molar-refractivity contribution in [2.45, 2.75) is 43.9 Å². The van der Waals surface area contributed by atoms with Crippen molar-refractivity contribution in [2.24, 2.45) is 0 Å². The Kier molecular flexibility index (Phi) is 6.96. The fraction of sp³-hybridized carbons (Fsp3) is 0.480. The van der Waals surface area contributed by atoms with Crippen LogP contribution < -0.4 is 14.8 Å². The number of ether oxygens (including phenoxy) is 3. The summed E-state index contributed by atoms with van der Waals surface area (Å²) in [6.45, 7) is 2.87. The molecule has 2 saturated heterocycles. The van der Waals surface area contributed by atoms with Gasteiger partial charge in [-0.15, -0.1) is 0 Å². The van der Waals surface area contributed by atoms with Gasteiger partial charge in [-0.25, -0.2) is 4.39 Å². The van der Waals surface area contributed by atoms with Crippen LogP contribution in [0.3, 0.4) is 0 Å². The molecule has 2 aromatic rings. The zero-order valence-electron chi connectivity index (χ0n) is 18.7. The number of nitrogens with one attached hydrogen (secondary N) is 1. The van der Waals surface area contributed by atoms with Crippen LogP contribution in [0.15, 0.2) is 42.5 Å². The van der Waals surface area contributed by atoms with Crippen molar-refractivity contribution in [1.82, 2.24) is 10.2 Å². The van der Waals surface area contributed by atoms with Gasteiger partial charge in [0.05, 0.1) is 25.9 Å². The molecule has 0 aliphatic carbocycles. The molecule has 1 spiro atoms. The van der Waals surface area contributed by atoms with Crippen LogP contribution in [-0.2, 0) is 11.3 Å². The molecule has 0 bridgehead atoms. The first-order valence-electron chi connectivity index (χ1n) is 11.2. The number of likely N-dealkylation sites (tertiary alicyclic amines) is 1. The first-order chi connectivity index (χ1) is 15.5. The van der Waals surface area contributed by atoms with Gasteiger partial charge in [-0.3, -0.25) is 9.69 Å². The summed E-state index contributed by atoms with van der Waals surface area (Å²) >= 11 is 0. The number of nitrogens with zero attached hydrogens (tertiary/aromatic N) is 1. The van der Waals surface area contributed by atoms with Crippen LogP contribution in [-0.4, -0.2) is 56.4 Å². The largest absolute Gasteiger partial charge is 0.497 e. The number of hydrogen-bond acceptors (Lipinski definition) is 5. The standard InChI is InChI=1S/C25H31FN2O4/c1-30-21-13-19(14-22(15-21)31-2)24(29)27-16-20-7-8-25(32-20)9-11-28(12-10-25)17-18-5-3-4-6-23(18)26/h3-6,13-15,20H,7-12,16-17H2,1-2H3,(H,27,29)/t20-/m1/s1. The maximum absolute atomic E-state index is 13.9. The van der Waals surface area contributed by atoms with Crippen molar-refractivity contribution in [3.63, 3.8) is 0 Å². The van der Waals surface area contributed by atoms with Gasteiger partial charge in [-0.2, -0.15) is 0 Å². The normalized spacial score (nSPS) is 20.3. The molecule has 1 amide bonds. The van der Waals surface area contributed by atoms with Crippen LogP contribution in [0, 0.1) is 5.82 Å². The second-order valence-electron chi connectivity index (χ2n) is 8.64. The van der Waals surface area contributed by atoms with Gasteiger partial charge in [-0.1, -0.05) is 18.2 Å². The highest BCUT2D eigenvalue weighted by atomic mass is 19.1. The SMILES string of the molecule is COc1cc(OC)cc(C(=O)NC[C@H]2CCC3(CCN(Cc4ccccc4F)CC3)O2)c1. The number of methoxy groups -OCH3 is 2. The summed E-state index contributed by atoms with van der Waals surface area (Å²) in [6.07, 6.45) is 3.78. The molecule has 1 N–H and O–H groups in total. The van der Waals surface area contributed by atoms with E-state index < -0.39 is 0 Å². The third-order valence-corrected chi connectivity index (χ3v) is 6.56. The second-order valence-corrected chi connectivity index (χ2v) is 8.64. The number of hydrogen-bond donors (Lipinski definition) is 1. The minimum absolute atomic E-state index is 0.00423. The van der Waals surface area contributed by atoms with Crippen LogP contribution >= 0.6 is 0 Å². The lowest BCUT2D eigenvalue weighted by atomic mass is 9.88. The van der Waals surface area contributed by atoms with E-state index in [1.54, 1.807) is 38.5 Å². The van der Waals surface area contributed by atoms with E-state index >= 15 is 0 Å². The Morgan fingerprint density at radius 3 is 2.47 bits per heavy atom. The Morgan fingerprint density at radius 2 is 1.81 bits per heavy atom. The second kappa shape index (κ2) is 9.88. The Labute approximate surface area is 188 Å². The molecule has 2 heterocycles. The lowest BCUT2D eigenvalue weighted by molar-refractivity contribution is -0.0765. The van der Waals surface area contributed by atoms with E-state index in [0.717, 1.165) is 44.3 Å². The lowest BCUT2D eigenvalue weighted by Crippen LogP contribution is -2.45.